The molecule has 1 aliphatic heterocycles. The van der Waals surface area contributed by atoms with Gasteiger partial charge in [-0.05, 0) is 19.1 Å². The minimum absolute atomic E-state index is 0.101. The Morgan fingerprint density at radius 3 is 2.84 bits per heavy atom. The van der Waals surface area contributed by atoms with Crippen LogP contribution in [0.15, 0.2) is 18.3 Å². The number of hydrogen-bond donors (Lipinski definition) is 2. The van der Waals surface area contributed by atoms with Gasteiger partial charge >= 0.3 is 5.97 Å². The highest BCUT2D eigenvalue weighted by molar-refractivity contribution is 6.00. The molecule has 1 unspecified atom stereocenters. The van der Waals surface area contributed by atoms with Crippen LogP contribution in [-0.4, -0.2) is 45.4 Å². The molecule has 1 aliphatic rings. The molecule has 1 saturated heterocycles. The molecular weight excluding hydrogens is 250 g/mol. The molecule has 1 aromatic heterocycles. The number of pyridine rings is 1. The van der Waals surface area contributed by atoms with E-state index in [1.54, 1.807) is 17.9 Å². The number of aromatic nitrogens is 1. The van der Waals surface area contributed by atoms with Crippen LogP contribution in [0.3, 0.4) is 0 Å². The predicted molar refractivity (Wildman–Crippen MR) is 64.2 cm³/mol. The van der Waals surface area contributed by atoms with E-state index < -0.39 is 12.0 Å². The van der Waals surface area contributed by atoms with Crippen LogP contribution in [0.1, 0.15) is 23.0 Å². The number of carbonyl (C=O) groups excluding carboxylic acids is 2. The van der Waals surface area contributed by atoms with Crippen LogP contribution >= 0.6 is 0 Å². The molecule has 2 heterocycles. The topological polar surface area (TPSA) is 99.6 Å². The zero-order valence-corrected chi connectivity index (χ0v) is 10.3. The minimum atomic E-state index is -1.04. The summed E-state index contributed by atoms with van der Waals surface area (Å²) < 4.78 is 0. The van der Waals surface area contributed by atoms with Gasteiger partial charge in [0.05, 0.1) is 23.8 Å². The second-order valence-corrected chi connectivity index (χ2v) is 4.34. The summed E-state index contributed by atoms with van der Waals surface area (Å²) in [6, 6.07) is 2.60. The normalized spacial score (nSPS) is 20.2. The third-order valence-electron chi connectivity index (χ3n) is 2.97. The van der Waals surface area contributed by atoms with E-state index in [1.807, 2.05) is 0 Å². The predicted octanol–water partition coefficient (Wildman–Crippen LogP) is -0.373. The molecule has 0 aromatic carbocycles. The third-order valence-corrected chi connectivity index (χ3v) is 2.97. The van der Waals surface area contributed by atoms with Gasteiger partial charge in [0.25, 0.3) is 0 Å². The Morgan fingerprint density at radius 1 is 1.53 bits per heavy atom. The zero-order valence-electron chi connectivity index (χ0n) is 10.3. The quantitative estimate of drug-likeness (QED) is 0.721. The van der Waals surface area contributed by atoms with Gasteiger partial charge in [-0.1, -0.05) is 0 Å². The molecule has 0 aliphatic carbocycles. The van der Waals surface area contributed by atoms with Crippen LogP contribution in [0, 0.1) is 0 Å². The van der Waals surface area contributed by atoms with Crippen LogP contribution in [0.4, 0.5) is 0 Å². The van der Waals surface area contributed by atoms with Crippen molar-refractivity contribution in [3.8, 4) is 0 Å². The second kappa shape index (κ2) is 5.15. The molecule has 2 amide bonds. The van der Waals surface area contributed by atoms with Crippen molar-refractivity contribution < 1.29 is 19.5 Å². The SMILES string of the molecule is CC1C(=O)NC(=O)CN1Cc1ccc(C(=O)O)cn1. The lowest BCUT2D eigenvalue weighted by Crippen LogP contribution is -2.56. The Hall–Kier alpha value is -2.28. The van der Waals surface area contributed by atoms with Crippen molar-refractivity contribution in [1.29, 1.82) is 0 Å². The first kappa shape index (κ1) is 13.2. The number of nitrogens with one attached hydrogen (secondary N) is 1. The van der Waals surface area contributed by atoms with Gasteiger partial charge in [-0.3, -0.25) is 24.8 Å². The average Bonchev–Trinajstić information content (AvgIpc) is 2.36. The number of nitrogens with zero attached hydrogens (tertiary/aromatic N) is 2. The molecular formula is C12H13N3O4. The van der Waals surface area contributed by atoms with E-state index >= 15 is 0 Å². The molecule has 100 valence electrons. The van der Waals surface area contributed by atoms with Crippen molar-refractivity contribution in [3.63, 3.8) is 0 Å². The van der Waals surface area contributed by atoms with Gasteiger partial charge < -0.3 is 5.11 Å². The molecule has 19 heavy (non-hydrogen) atoms. The van der Waals surface area contributed by atoms with E-state index in [1.165, 1.54) is 12.3 Å². The van der Waals surface area contributed by atoms with Crippen molar-refractivity contribution in [3.05, 3.63) is 29.6 Å². The number of carboxylic acid groups (broad SMARTS) is 1. The van der Waals surface area contributed by atoms with Gasteiger partial charge in [-0.25, -0.2) is 4.79 Å². The van der Waals surface area contributed by atoms with E-state index in [-0.39, 0.29) is 23.9 Å². The largest absolute Gasteiger partial charge is 0.478 e. The molecule has 0 spiro atoms. The summed E-state index contributed by atoms with van der Waals surface area (Å²) in [4.78, 5) is 39.2. The first-order chi connectivity index (χ1) is 8.97. The lowest BCUT2D eigenvalue weighted by molar-refractivity contribution is -0.139. The smallest absolute Gasteiger partial charge is 0.337 e. The fraction of sp³-hybridized carbons (Fsp3) is 0.333. The number of imide groups is 1. The number of carbonyl (C=O) groups is 3. The Kier molecular flexibility index (Phi) is 3.57. The van der Waals surface area contributed by atoms with E-state index in [0.717, 1.165) is 0 Å². The highest BCUT2D eigenvalue weighted by atomic mass is 16.4. The number of piperazine rings is 1. The highest BCUT2D eigenvalue weighted by Gasteiger charge is 2.30. The lowest BCUT2D eigenvalue weighted by atomic mass is 10.2. The van der Waals surface area contributed by atoms with Crippen molar-refractivity contribution >= 4 is 17.8 Å². The molecule has 1 atom stereocenters. The van der Waals surface area contributed by atoms with Crippen LogP contribution in [-0.2, 0) is 16.1 Å². The third kappa shape index (κ3) is 2.94. The maximum Gasteiger partial charge on any atom is 0.337 e. The summed E-state index contributed by atoms with van der Waals surface area (Å²) in [6.07, 6.45) is 1.26. The molecule has 0 radical (unpaired) electrons. The molecule has 2 N–H and O–H groups in total. The van der Waals surface area contributed by atoms with E-state index in [0.29, 0.717) is 12.2 Å². The Labute approximate surface area is 109 Å². The summed E-state index contributed by atoms with van der Waals surface area (Å²) >= 11 is 0. The average molecular weight is 263 g/mol. The van der Waals surface area contributed by atoms with Crippen molar-refractivity contribution in [2.75, 3.05) is 6.54 Å². The fourth-order valence-electron chi connectivity index (χ4n) is 1.81. The van der Waals surface area contributed by atoms with Gasteiger partial charge in [-0.15, -0.1) is 0 Å². The lowest BCUT2D eigenvalue weighted by Gasteiger charge is -2.31. The van der Waals surface area contributed by atoms with Gasteiger partial charge in [0.2, 0.25) is 11.8 Å². The van der Waals surface area contributed by atoms with Crippen LogP contribution in [0.25, 0.3) is 0 Å². The number of hydrogen-bond acceptors (Lipinski definition) is 5. The number of amides is 2. The fourth-order valence-corrected chi connectivity index (χ4v) is 1.81. The summed E-state index contributed by atoms with van der Waals surface area (Å²) in [5, 5.41) is 11.0. The maximum atomic E-state index is 11.5. The summed E-state index contributed by atoms with van der Waals surface area (Å²) in [5.41, 5.74) is 0.712. The van der Waals surface area contributed by atoms with Gasteiger partial charge in [0, 0.05) is 12.7 Å². The minimum Gasteiger partial charge on any atom is -0.478 e. The van der Waals surface area contributed by atoms with Crippen molar-refractivity contribution in [2.45, 2.75) is 19.5 Å². The van der Waals surface area contributed by atoms with Crippen LogP contribution in [0.5, 0.6) is 0 Å². The van der Waals surface area contributed by atoms with Gasteiger partial charge in [0.15, 0.2) is 0 Å². The summed E-state index contributed by atoms with van der Waals surface area (Å²) in [5.74, 6) is -1.72. The molecule has 0 bridgehead atoms. The Morgan fingerprint density at radius 2 is 2.26 bits per heavy atom. The molecule has 1 aromatic rings. The number of rotatable bonds is 3. The van der Waals surface area contributed by atoms with Crippen LogP contribution < -0.4 is 5.32 Å². The molecule has 0 saturated carbocycles. The van der Waals surface area contributed by atoms with Crippen molar-refractivity contribution in [2.24, 2.45) is 0 Å². The first-order valence-corrected chi connectivity index (χ1v) is 5.73. The number of carboxylic acids is 1. The maximum absolute atomic E-state index is 11.5. The van der Waals surface area contributed by atoms with E-state index in [2.05, 4.69) is 10.3 Å². The van der Waals surface area contributed by atoms with Gasteiger partial charge in [0.1, 0.15) is 0 Å². The van der Waals surface area contributed by atoms with Crippen LogP contribution in [0.2, 0.25) is 0 Å². The molecule has 2 rings (SSSR count). The van der Waals surface area contributed by atoms with Crippen molar-refractivity contribution in [1.82, 2.24) is 15.2 Å². The zero-order chi connectivity index (χ0) is 14.0. The summed E-state index contributed by atoms with van der Waals surface area (Å²) in [7, 11) is 0. The highest BCUT2D eigenvalue weighted by Crippen LogP contribution is 2.10. The van der Waals surface area contributed by atoms with E-state index in [9.17, 15) is 14.4 Å². The first-order valence-electron chi connectivity index (χ1n) is 5.73. The molecule has 1 fully saturated rings. The standard InChI is InChI=1S/C12H13N3O4/c1-7-11(17)14-10(16)6-15(7)5-9-3-2-8(4-13-9)12(18)19/h2-4,7H,5-6H2,1H3,(H,18,19)(H,14,16,17). The summed E-state index contributed by atoms with van der Waals surface area (Å²) in [6.45, 7) is 2.14. The molecule has 7 nitrogen and oxygen atoms in total. The Bertz CT molecular complexity index is 526. The Balaban J connectivity index is 2.09. The van der Waals surface area contributed by atoms with E-state index in [4.69, 9.17) is 5.11 Å². The second-order valence-electron chi connectivity index (χ2n) is 4.34. The van der Waals surface area contributed by atoms with Gasteiger partial charge in [-0.2, -0.15) is 0 Å². The number of aromatic carboxylic acids is 1. The monoisotopic (exact) mass is 263 g/mol. The molecule has 7 heteroatoms.